The van der Waals surface area contributed by atoms with E-state index in [4.69, 9.17) is 0 Å². The van der Waals surface area contributed by atoms with Crippen molar-refractivity contribution < 1.29 is 9.66 Å². The Morgan fingerprint density at radius 2 is 2.42 bits per heavy atom. The lowest BCUT2D eigenvalue weighted by atomic mass is 10.4. The van der Waals surface area contributed by atoms with Crippen LogP contribution in [0, 0.1) is 4.91 Å². The summed E-state index contributed by atoms with van der Waals surface area (Å²) in [5.74, 6) is -0.408. The molecule has 1 aromatic rings. The first kappa shape index (κ1) is 8.32. The van der Waals surface area contributed by atoms with Crippen LogP contribution in [0.25, 0.3) is 0 Å². The van der Waals surface area contributed by atoms with Crippen LogP contribution < -0.4 is 5.43 Å². The lowest BCUT2D eigenvalue weighted by molar-refractivity contribution is -0.514. The van der Waals surface area contributed by atoms with Crippen LogP contribution in [-0.2, 0) is 4.79 Å². The molecule has 0 atom stereocenters. The Labute approximate surface area is 69.0 Å². The molecule has 0 fully saturated rings. The topological polar surface area (TPSA) is 62.1 Å². The number of rotatable bonds is 2. The third-order valence-electron chi connectivity index (χ3n) is 1.14. The molecule has 0 radical (unpaired) electrons. The summed E-state index contributed by atoms with van der Waals surface area (Å²) in [6, 6.07) is 3.16. The van der Waals surface area contributed by atoms with E-state index in [2.05, 4.69) is 10.4 Å². The second-order valence-corrected chi connectivity index (χ2v) is 2.17. The molecule has 0 aliphatic heterocycles. The van der Waals surface area contributed by atoms with Crippen LogP contribution in [0.2, 0.25) is 0 Å². The van der Waals surface area contributed by atoms with Crippen LogP contribution in [0.1, 0.15) is 6.92 Å². The third kappa shape index (κ3) is 2.12. The molecule has 5 heteroatoms. The van der Waals surface area contributed by atoms with Crippen molar-refractivity contribution >= 4 is 11.6 Å². The molecular formula is C7H8N3O2+. The maximum Gasteiger partial charge on any atom is 0.310 e. The number of hydrogen-bond donors (Lipinski definition) is 1. The molecule has 0 aliphatic rings. The number of carbonyl (C=O) groups excluding carboxylic acids is 1. The standard InChI is InChI=1S/C7H7N3O2/c1-6(11)9-10(12)7-3-2-4-8-5-7/h2-5H,1H3/p+1. The van der Waals surface area contributed by atoms with Gasteiger partial charge in [0.2, 0.25) is 0 Å². The van der Waals surface area contributed by atoms with Crippen molar-refractivity contribution in [2.75, 3.05) is 0 Å². The van der Waals surface area contributed by atoms with Gasteiger partial charge in [-0.25, -0.2) is 0 Å². The van der Waals surface area contributed by atoms with E-state index in [-0.39, 0.29) is 0 Å². The van der Waals surface area contributed by atoms with Gasteiger partial charge in [-0.2, -0.15) is 0 Å². The van der Waals surface area contributed by atoms with Crippen molar-refractivity contribution in [2.24, 2.45) is 0 Å². The van der Waals surface area contributed by atoms with Crippen molar-refractivity contribution in [3.63, 3.8) is 0 Å². The first-order chi connectivity index (χ1) is 5.70. The Balaban J connectivity index is 2.73. The summed E-state index contributed by atoms with van der Waals surface area (Å²) < 4.78 is 0. The fourth-order valence-electron chi connectivity index (χ4n) is 0.681. The van der Waals surface area contributed by atoms with Gasteiger partial charge in [0.05, 0.1) is 4.91 Å². The fraction of sp³-hybridized carbons (Fsp3) is 0.143. The molecule has 1 aromatic heterocycles. The highest BCUT2D eigenvalue weighted by molar-refractivity contribution is 5.71. The average Bonchev–Trinajstić information content (AvgIpc) is 2.05. The summed E-state index contributed by atoms with van der Waals surface area (Å²) in [5.41, 5.74) is 2.36. The lowest BCUT2D eigenvalue weighted by Gasteiger charge is -1.89. The van der Waals surface area contributed by atoms with Crippen molar-refractivity contribution in [1.29, 1.82) is 0 Å². The Kier molecular flexibility index (Phi) is 2.47. The van der Waals surface area contributed by atoms with Gasteiger partial charge in [0.15, 0.2) is 4.87 Å². The van der Waals surface area contributed by atoms with Gasteiger partial charge in [0.25, 0.3) is 5.91 Å². The van der Waals surface area contributed by atoms with E-state index in [1.807, 2.05) is 0 Å². The van der Waals surface area contributed by atoms with Crippen LogP contribution >= 0.6 is 0 Å². The predicted molar refractivity (Wildman–Crippen MR) is 41.3 cm³/mol. The van der Waals surface area contributed by atoms with Crippen LogP contribution in [-0.4, -0.2) is 15.8 Å². The number of nitrogens with one attached hydrogen (secondary N) is 1. The molecule has 0 spiro atoms. The zero-order valence-electron chi connectivity index (χ0n) is 6.52. The maximum absolute atomic E-state index is 11.0. The van der Waals surface area contributed by atoms with E-state index in [1.165, 1.54) is 13.1 Å². The van der Waals surface area contributed by atoms with Gasteiger partial charge in [0.1, 0.15) is 6.20 Å². The number of hydrogen-bond acceptors (Lipinski definition) is 3. The molecule has 0 saturated carbocycles. The summed E-state index contributed by atoms with van der Waals surface area (Å²) >= 11 is 0. The highest BCUT2D eigenvalue weighted by Gasteiger charge is 2.14. The smallest absolute Gasteiger partial charge is 0.269 e. The Morgan fingerprint density at radius 1 is 1.67 bits per heavy atom. The molecule has 1 heterocycles. The third-order valence-corrected chi connectivity index (χ3v) is 1.14. The molecule has 1 N–H and O–H groups in total. The van der Waals surface area contributed by atoms with Crippen LogP contribution in [0.5, 0.6) is 0 Å². The number of carbonyl (C=O) groups is 1. The number of nitrogens with zero attached hydrogens (tertiary/aromatic N) is 2. The molecule has 0 aliphatic carbocycles. The molecule has 62 valence electrons. The van der Waals surface area contributed by atoms with Crippen molar-refractivity contribution in [1.82, 2.24) is 10.4 Å². The molecule has 12 heavy (non-hydrogen) atoms. The molecule has 0 bridgehead atoms. The fourth-order valence-corrected chi connectivity index (χ4v) is 0.681. The minimum absolute atomic E-state index is 0.299. The van der Waals surface area contributed by atoms with E-state index in [1.54, 1.807) is 18.3 Å². The van der Waals surface area contributed by atoms with Gasteiger partial charge in [-0.1, -0.05) is 5.43 Å². The Morgan fingerprint density at radius 3 is 2.92 bits per heavy atom. The van der Waals surface area contributed by atoms with Gasteiger partial charge < -0.3 is 0 Å². The predicted octanol–water partition coefficient (Wildman–Crippen LogP) is 0.543. The largest absolute Gasteiger partial charge is 0.310 e. The van der Waals surface area contributed by atoms with Gasteiger partial charge in [-0.15, -0.1) is 0 Å². The molecule has 5 nitrogen and oxygen atoms in total. The normalized spacial score (nSPS) is 9.08. The van der Waals surface area contributed by atoms with Crippen LogP contribution in [0.15, 0.2) is 24.5 Å². The van der Waals surface area contributed by atoms with Gasteiger partial charge in [-0.05, 0) is 6.07 Å². The van der Waals surface area contributed by atoms with Crippen molar-refractivity contribution in [3.8, 4) is 0 Å². The maximum atomic E-state index is 11.0. The molecule has 0 aromatic carbocycles. The molecule has 0 saturated heterocycles. The molecular weight excluding hydrogens is 158 g/mol. The summed E-state index contributed by atoms with van der Waals surface area (Å²) in [4.78, 5) is 25.5. The number of nitroso groups, excluding NO2 is 1. The minimum atomic E-state index is -0.408. The molecule has 0 unspecified atom stereocenters. The van der Waals surface area contributed by atoms with E-state index in [0.29, 0.717) is 10.6 Å². The quantitative estimate of drug-likeness (QED) is 0.515. The van der Waals surface area contributed by atoms with Crippen LogP contribution in [0.3, 0.4) is 0 Å². The zero-order chi connectivity index (χ0) is 8.97. The van der Waals surface area contributed by atoms with E-state index in [9.17, 15) is 9.70 Å². The average molecular weight is 166 g/mol. The molecule has 1 rings (SSSR count). The number of aromatic nitrogens is 1. The second-order valence-electron chi connectivity index (χ2n) is 2.17. The van der Waals surface area contributed by atoms with Gasteiger partial charge in [-0.3, -0.25) is 9.78 Å². The second kappa shape index (κ2) is 3.56. The van der Waals surface area contributed by atoms with E-state index >= 15 is 0 Å². The first-order valence-electron chi connectivity index (χ1n) is 3.34. The van der Waals surface area contributed by atoms with Crippen molar-refractivity contribution in [3.05, 3.63) is 29.4 Å². The minimum Gasteiger partial charge on any atom is -0.269 e. The summed E-state index contributed by atoms with van der Waals surface area (Å²) in [7, 11) is 0. The number of amides is 1. The highest BCUT2D eigenvalue weighted by atomic mass is 16.3. The summed E-state index contributed by atoms with van der Waals surface area (Å²) in [5, 5.41) is 0. The SMILES string of the molecule is CC(=O)N[N+](=O)c1cccnc1. The van der Waals surface area contributed by atoms with Crippen LogP contribution in [0.4, 0.5) is 5.69 Å². The van der Waals surface area contributed by atoms with Crippen molar-refractivity contribution in [2.45, 2.75) is 6.92 Å². The highest BCUT2D eigenvalue weighted by Crippen LogP contribution is 2.04. The van der Waals surface area contributed by atoms with E-state index in [0.717, 1.165) is 0 Å². The zero-order valence-corrected chi connectivity index (χ0v) is 6.52. The van der Waals surface area contributed by atoms with E-state index < -0.39 is 5.91 Å². The number of hydrazine groups is 1. The first-order valence-corrected chi connectivity index (χ1v) is 3.34. The Hall–Kier alpha value is -1.78. The van der Waals surface area contributed by atoms with Gasteiger partial charge >= 0.3 is 5.69 Å². The summed E-state index contributed by atoms with van der Waals surface area (Å²) in [6.45, 7) is 1.27. The van der Waals surface area contributed by atoms with Gasteiger partial charge in [0, 0.05) is 19.2 Å². The lowest BCUT2D eigenvalue weighted by Crippen LogP contribution is -2.27. The summed E-state index contributed by atoms with van der Waals surface area (Å²) in [6.07, 6.45) is 2.91. The monoisotopic (exact) mass is 166 g/mol. The number of pyridine rings is 1. The molecule has 1 amide bonds. The Bertz CT molecular complexity index is 297.